The van der Waals surface area contributed by atoms with Crippen LogP contribution in [-0.4, -0.2) is 4.57 Å². The van der Waals surface area contributed by atoms with Crippen molar-refractivity contribution in [3.63, 3.8) is 0 Å². The van der Waals surface area contributed by atoms with E-state index in [2.05, 4.69) is 91.2 Å². The number of para-hydroxylation sites is 1. The lowest BCUT2D eigenvalue weighted by atomic mass is 9.97. The zero-order valence-corrected chi connectivity index (χ0v) is 14.4. The minimum atomic E-state index is 0.595. The van der Waals surface area contributed by atoms with Gasteiger partial charge in [0.1, 0.15) is 0 Å². The van der Waals surface area contributed by atoms with Crippen LogP contribution < -0.4 is 0 Å². The van der Waals surface area contributed by atoms with Crippen molar-refractivity contribution in [2.75, 3.05) is 0 Å². The molecule has 0 aliphatic carbocycles. The molecule has 0 N–H and O–H groups in total. The Hall–Kier alpha value is -2.54. The van der Waals surface area contributed by atoms with Crippen LogP contribution in [0.4, 0.5) is 0 Å². The maximum Gasteiger partial charge on any atom is 0.0497 e. The monoisotopic (exact) mass is 313 g/mol. The lowest BCUT2D eigenvalue weighted by molar-refractivity contribution is 0.733. The van der Waals surface area contributed by atoms with Crippen LogP contribution in [0.25, 0.3) is 21.8 Å². The molecule has 1 nitrogen and oxygen atoms in total. The summed E-state index contributed by atoms with van der Waals surface area (Å²) >= 11 is 0. The fourth-order valence-corrected chi connectivity index (χ4v) is 3.54. The van der Waals surface area contributed by atoms with Crippen molar-refractivity contribution in [1.82, 2.24) is 4.57 Å². The molecule has 120 valence electrons. The Bertz CT molecular complexity index is 979. The number of fused-ring (bicyclic) bond motifs is 3. The minimum Gasteiger partial charge on any atom is -0.336 e. The van der Waals surface area contributed by atoms with Crippen LogP contribution in [0.5, 0.6) is 0 Å². The molecule has 0 aliphatic heterocycles. The van der Waals surface area contributed by atoms with Crippen LogP contribution in [-0.2, 0) is 6.54 Å². The van der Waals surface area contributed by atoms with Gasteiger partial charge in [0.2, 0.25) is 0 Å². The van der Waals surface area contributed by atoms with E-state index in [1.54, 1.807) is 0 Å². The smallest absolute Gasteiger partial charge is 0.0497 e. The third-order valence-electron chi connectivity index (χ3n) is 5.16. The van der Waals surface area contributed by atoms with E-state index < -0.39 is 0 Å². The normalized spacial score (nSPS) is 12.8. The number of hydrogen-bond acceptors (Lipinski definition) is 0. The number of nitrogens with zero attached hydrogens (tertiary/aromatic N) is 1. The van der Waals surface area contributed by atoms with Crippen molar-refractivity contribution in [1.29, 1.82) is 0 Å². The van der Waals surface area contributed by atoms with Crippen LogP contribution in [0.1, 0.15) is 37.3 Å². The molecule has 4 aromatic rings. The van der Waals surface area contributed by atoms with Gasteiger partial charge in [-0.2, -0.15) is 0 Å². The summed E-state index contributed by atoms with van der Waals surface area (Å²) in [6.07, 6.45) is 1.17. The molecule has 0 saturated carbocycles. The van der Waals surface area contributed by atoms with E-state index in [4.69, 9.17) is 0 Å². The Labute approximate surface area is 143 Å². The first-order valence-corrected chi connectivity index (χ1v) is 8.82. The fraction of sp³-hybridized carbons (Fsp3) is 0.217. The maximum atomic E-state index is 2.46. The Morgan fingerprint density at radius 3 is 2.29 bits per heavy atom. The minimum absolute atomic E-state index is 0.595. The summed E-state index contributed by atoms with van der Waals surface area (Å²) in [4.78, 5) is 0. The van der Waals surface area contributed by atoms with Gasteiger partial charge in [0.25, 0.3) is 0 Å². The first-order valence-electron chi connectivity index (χ1n) is 8.82. The first-order chi connectivity index (χ1) is 11.8. The lowest BCUT2D eigenvalue weighted by Crippen LogP contribution is -2.00. The van der Waals surface area contributed by atoms with E-state index in [0.29, 0.717) is 5.92 Å². The van der Waals surface area contributed by atoms with E-state index in [1.165, 1.54) is 39.4 Å². The summed E-state index contributed by atoms with van der Waals surface area (Å²) in [5.74, 6) is 0.595. The summed E-state index contributed by atoms with van der Waals surface area (Å²) in [5, 5.41) is 2.70. The van der Waals surface area contributed by atoms with Crippen LogP contribution in [0.15, 0.2) is 72.8 Å². The van der Waals surface area contributed by atoms with Crippen LogP contribution >= 0.6 is 0 Å². The highest BCUT2D eigenvalue weighted by atomic mass is 15.0. The quantitative estimate of drug-likeness (QED) is 0.413. The van der Waals surface area contributed by atoms with E-state index in [-0.39, 0.29) is 0 Å². The molecule has 0 aliphatic rings. The molecule has 0 spiro atoms. The first kappa shape index (κ1) is 15.0. The third-order valence-corrected chi connectivity index (χ3v) is 5.16. The highest BCUT2D eigenvalue weighted by Crippen LogP contribution is 2.32. The second kappa shape index (κ2) is 6.16. The Balaban J connectivity index is 1.96. The van der Waals surface area contributed by atoms with Crippen LogP contribution in [0.3, 0.4) is 0 Å². The van der Waals surface area contributed by atoms with Gasteiger partial charge in [0.15, 0.2) is 0 Å². The van der Waals surface area contributed by atoms with Crippen LogP contribution in [0.2, 0.25) is 0 Å². The van der Waals surface area contributed by atoms with Gasteiger partial charge < -0.3 is 4.57 Å². The second-order valence-electron chi connectivity index (χ2n) is 6.67. The molecule has 0 bridgehead atoms. The van der Waals surface area contributed by atoms with Gasteiger partial charge in [-0.15, -0.1) is 0 Å². The predicted molar refractivity (Wildman–Crippen MR) is 104 cm³/mol. The number of hydrogen-bond donors (Lipinski definition) is 0. The highest BCUT2D eigenvalue weighted by Gasteiger charge is 2.12. The molecule has 0 fully saturated rings. The van der Waals surface area contributed by atoms with E-state index in [1.807, 2.05) is 0 Å². The molecule has 0 amide bonds. The van der Waals surface area contributed by atoms with Gasteiger partial charge in [-0.3, -0.25) is 0 Å². The van der Waals surface area contributed by atoms with E-state index >= 15 is 0 Å². The summed E-state index contributed by atoms with van der Waals surface area (Å²) in [7, 11) is 0. The van der Waals surface area contributed by atoms with Crippen LogP contribution in [0, 0.1) is 0 Å². The molecule has 1 atom stereocenters. The van der Waals surface area contributed by atoms with Crippen molar-refractivity contribution in [2.24, 2.45) is 0 Å². The zero-order chi connectivity index (χ0) is 16.5. The van der Waals surface area contributed by atoms with Gasteiger partial charge in [0.05, 0.1) is 0 Å². The molecule has 0 radical (unpaired) electrons. The topological polar surface area (TPSA) is 4.93 Å². The maximum absolute atomic E-state index is 2.46. The fourth-order valence-electron chi connectivity index (χ4n) is 3.54. The SMILES string of the molecule is CCC(C)c1ccc2c3ccccc3n(Cc3ccccc3)c2c1. The van der Waals surface area contributed by atoms with Gasteiger partial charge in [0, 0.05) is 28.4 Å². The van der Waals surface area contributed by atoms with Crippen molar-refractivity contribution in [3.8, 4) is 0 Å². The molecular formula is C23H23N. The third kappa shape index (κ3) is 2.50. The van der Waals surface area contributed by atoms with Crippen molar-refractivity contribution >= 4 is 21.8 Å². The molecule has 1 aromatic heterocycles. The zero-order valence-electron chi connectivity index (χ0n) is 14.4. The van der Waals surface area contributed by atoms with E-state index in [9.17, 15) is 0 Å². The van der Waals surface area contributed by atoms with Crippen molar-refractivity contribution < 1.29 is 0 Å². The Morgan fingerprint density at radius 1 is 0.792 bits per heavy atom. The van der Waals surface area contributed by atoms with Crippen molar-refractivity contribution in [2.45, 2.75) is 32.7 Å². The van der Waals surface area contributed by atoms with Gasteiger partial charge >= 0.3 is 0 Å². The second-order valence-corrected chi connectivity index (χ2v) is 6.67. The van der Waals surface area contributed by atoms with E-state index in [0.717, 1.165) is 6.54 Å². The summed E-state index contributed by atoms with van der Waals surface area (Å²) in [6, 6.07) is 26.5. The number of aromatic nitrogens is 1. The molecular weight excluding hydrogens is 290 g/mol. The standard InChI is InChI=1S/C23H23N/c1-3-17(2)19-13-14-21-20-11-7-8-12-22(20)24(23(21)15-19)16-18-9-5-4-6-10-18/h4-15,17H,3,16H2,1-2H3. The summed E-state index contributed by atoms with van der Waals surface area (Å²) < 4.78 is 2.46. The van der Waals surface area contributed by atoms with Gasteiger partial charge in [-0.1, -0.05) is 74.5 Å². The van der Waals surface area contributed by atoms with Gasteiger partial charge in [-0.25, -0.2) is 0 Å². The molecule has 1 heterocycles. The lowest BCUT2D eigenvalue weighted by Gasteiger charge is -2.11. The highest BCUT2D eigenvalue weighted by molar-refractivity contribution is 6.08. The van der Waals surface area contributed by atoms with Gasteiger partial charge in [-0.05, 0) is 35.6 Å². The molecule has 4 rings (SSSR count). The molecule has 0 saturated heterocycles. The average molecular weight is 313 g/mol. The largest absolute Gasteiger partial charge is 0.336 e. The molecule has 1 unspecified atom stereocenters. The molecule has 24 heavy (non-hydrogen) atoms. The average Bonchev–Trinajstić information content (AvgIpc) is 2.95. The molecule has 3 aromatic carbocycles. The summed E-state index contributed by atoms with van der Waals surface area (Å²) in [5.41, 5.74) is 5.44. The Morgan fingerprint density at radius 2 is 1.50 bits per heavy atom. The summed E-state index contributed by atoms with van der Waals surface area (Å²) in [6.45, 7) is 5.48. The Kier molecular flexibility index (Phi) is 3.86. The van der Waals surface area contributed by atoms with Crippen molar-refractivity contribution in [3.05, 3.63) is 83.9 Å². The number of benzene rings is 3. The molecule has 1 heteroatoms. The predicted octanol–water partition coefficient (Wildman–Crippen LogP) is 6.36. The number of rotatable bonds is 4.